The van der Waals surface area contributed by atoms with Crippen molar-refractivity contribution in [3.05, 3.63) is 33.4 Å². The summed E-state index contributed by atoms with van der Waals surface area (Å²) in [6, 6.07) is 0. The number of fused-ring (bicyclic) bond motifs is 1. The fraction of sp³-hybridized carbons (Fsp3) is 0.571. The molecule has 0 aromatic rings. The van der Waals surface area contributed by atoms with Crippen molar-refractivity contribution in [2.24, 2.45) is 5.92 Å². The largest absolute Gasteiger partial charge is 0.385 e. The van der Waals surface area contributed by atoms with E-state index < -0.39 is 5.60 Å². The summed E-state index contributed by atoms with van der Waals surface area (Å²) in [4.78, 5) is 0. The molecule has 0 spiro atoms. The van der Waals surface area contributed by atoms with Crippen LogP contribution in [-0.2, 0) is 0 Å². The molecule has 0 bridgehead atoms. The van der Waals surface area contributed by atoms with E-state index >= 15 is 0 Å². The van der Waals surface area contributed by atoms with Gasteiger partial charge in [-0.05, 0) is 68.1 Å². The molecule has 0 heterocycles. The van der Waals surface area contributed by atoms with Crippen molar-refractivity contribution in [3.8, 4) is 0 Å². The third-order valence-electron chi connectivity index (χ3n) is 4.58. The molecule has 0 radical (unpaired) electrons. The molecular weight excluding hydrogens is 184 g/mol. The van der Waals surface area contributed by atoms with Gasteiger partial charge in [0.2, 0.25) is 0 Å². The van der Waals surface area contributed by atoms with Gasteiger partial charge in [0, 0.05) is 5.92 Å². The van der Waals surface area contributed by atoms with Crippen LogP contribution < -0.4 is 0 Å². The maximum atomic E-state index is 10.4. The molecule has 1 N–H and O–H groups in total. The number of allylic oxidation sites excluding steroid dienone is 4. The van der Waals surface area contributed by atoms with Crippen molar-refractivity contribution in [1.29, 1.82) is 0 Å². The molecule has 1 heteroatoms. The first-order chi connectivity index (χ1) is 6.80. The van der Waals surface area contributed by atoms with Crippen LogP contribution in [0.5, 0.6) is 0 Å². The van der Waals surface area contributed by atoms with Crippen LogP contribution in [0.25, 0.3) is 0 Å². The van der Waals surface area contributed by atoms with Crippen molar-refractivity contribution >= 4 is 0 Å². The molecule has 2 atom stereocenters. The SMILES string of the molecule is CC1=C(C)C2=C(C)[C@](C)(O)[C@H](C)C2=C1C. The minimum atomic E-state index is -0.659. The molecule has 0 fully saturated rings. The molecule has 0 saturated heterocycles. The van der Waals surface area contributed by atoms with Crippen molar-refractivity contribution < 1.29 is 5.11 Å². The summed E-state index contributed by atoms with van der Waals surface area (Å²) in [5.74, 6) is 0.222. The summed E-state index contributed by atoms with van der Waals surface area (Å²) in [5, 5.41) is 10.4. The fourth-order valence-corrected chi connectivity index (χ4v) is 2.94. The molecule has 0 aliphatic heterocycles. The van der Waals surface area contributed by atoms with Gasteiger partial charge in [0.05, 0.1) is 5.60 Å². The fourth-order valence-electron chi connectivity index (χ4n) is 2.94. The average molecular weight is 204 g/mol. The van der Waals surface area contributed by atoms with Gasteiger partial charge in [-0.3, -0.25) is 0 Å². The van der Waals surface area contributed by atoms with E-state index in [2.05, 4.69) is 34.6 Å². The topological polar surface area (TPSA) is 20.2 Å². The van der Waals surface area contributed by atoms with Crippen LogP contribution in [0.1, 0.15) is 41.5 Å². The number of aliphatic hydroxyl groups is 1. The molecule has 0 unspecified atom stereocenters. The summed E-state index contributed by atoms with van der Waals surface area (Å²) in [5.41, 5.74) is 7.28. The minimum Gasteiger partial charge on any atom is -0.385 e. The van der Waals surface area contributed by atoms with Gasteiger partial charge in [-0.2, -0.15) is 0 Å². The second-order valence-electron chi connectivity index (χ2n) is 5.16. The highest BCUT2D eigenvalue weighted by Crippen LogP contribution is 2.52. The summed E-state index contributed by atoms with van der Waals surface area (Å²) in [6.45, 7) is 12.6. The molecule has 1 nitrogen and oxygen atoms in total. The average Bonchev–Trinajstić information content (AvgIpc) is 2.49. The first-order valence-electron chi connectivity index (χ1n) is 5.63. The second kappa shape index (κ2) is 2.85. The van der Waals surface area contributed by atoms with Crippen molar-refractivity contribution in [1.82, 2.24) is 0 Å². The molecular formula is C14H20O. The lowest BCUT2D eigenvalue weighted by atomic mass is 9.86. The van der Waals surface area contributed by atoms with E-state index in [1.807, 2.05) is 6.92 Å². The van der Waals surface area contributed by atoms with E-state index in [1.165, 1.54) is 27.9 Å². The molecule has 2 aliphatic rings. The van der Waals surface area contributed by atoms with Gasteiger partial charge in [-0.1, -0.05) is 6.92 Å². The monoisotopic (exact) mass is 204 g/mol. The lowest BCUT2D eigenvalue weighted by Gasteiger charge is -2.26. The normalized spacial score (nSPS) is 35.8. The Morgan fingerprint density at radius 1 is 1.00 bits per heavy atom. The molecule has 0 saturated carbocycles. The highest BCUT2D eigenvalue weighted by molar-refractivity contribution is 5.69. The predicted octanol–water partition coefficient (Wildman–Crippen LogP) is 3.37. The van der Waals surface area contributed by atoms with Crippen LogP contribution in [0, 0.1) is 5.92 Å². The Morgan fingerprint density at radius 3 is 2.00 bits per heavy atom. The van der Waals surface area contributed by atoms with Gasteiger partial charge in [0.1, 0.15) is 0 Å². The van der Waals surface area contributed by atoms with E-state index in [-0.39, 0.29) is 5.92 Å². The Balaban J connectivity index is 2.73. The van der Waals surface area contributed by atoms with Crippen LogP contribution in [0.15, 0.2) is 33.4 Å². The zero-order chi connectivity index (χ0) is 11.5. The van der Waals surface area contributed by atoms with Crippen LogP contribution in [-0.4, -0.2) is 10.7 Å². The smallest absolute Gasteiger partial charge is 0.0900 e. The second-order valence-corrected chi connectivity index (χ2v) is 5.16. The molecule has 2 rings (SSSR count). The van der Waals surface area contributed by atoms with Gasteiger partial charge < -0.3 is 5.11 Å². The van der Waals surface area contributed by atoms with Crippen LogP contribution in [0.4, 0.5) is 0 Å². The zero-order valence-electron chi connectivity index (χ0n) is 10.5. The lowest BCUT2D eigenvalue weighted by molar-refractivity contribution is 0.0667. The summed E-state index contributed by atoms with van der Waals surface area (Å²) in [7, 11) is 0. The maximum absolute atomic E-state index is 10.4. The van der Waals surface area contributed by atoms with Gasteiger partial charge >= 0.3 is 0 Å². The minimum absolute atomic E-state index is 0.222. The van der Waals surface area contributed by atoms with Crippen molar-refractivity contribution in [2.45, 2.75) is 47.1 Å². The van der Waals surface area contributed by atoms with Gasteiger partial charge in [0.15, 0.2) is 0 Å². The van der Waals surface area contributed by atoms with Crippen molar-refractivity contribution in [3.63, 3.8) is 0 Å². The van der Waals surface area contributed by atoms with E-state index in [0.717, 1.165) is 5.57 Å². The Bertz CT molecular complexity index is 430. The third kappa shape index (κ3) is 1.07. The number of hydrogen-bond acceptors (Lipinski definition) is 1. The zero-order valence-corrected chi connectivity index (χ0v) is 10.5. The standard InChI is InChI=1S/C14H20O/c1-7-8(2)12-10(4)14(6,15)11(5)13(12)9(7)3/h10,15H,1-6H3/t10-,14-/m1/s1. The van der Waals surface area contributed by atoms with E-state index in [4.69, 9.17) is 0 Å². The Kier molecular flexibility index (Phi) is 2.03. The summed E-state index contributed by atoms with van der Waals surface area (Å²) >= 11 is 0. The summed E-state index contributed by atoms with van der Waals surface area (Å²) in [6.07, 6.45) is 0. The Morgan fingerprint density at radius 2 is 1.53 bits per heavy atom. The van der Waals surface area contributed by atoms with Gasteiger partial charge in [-0.15, -0.1) is 0 Å². The van der Waals surface area contributed by atoms with Crippen molar-refractivity contribution in [2.75, 3.05) is 0 Å². The molecule has 0 aromatic heterocycles. The van der Waals surface area contributed by atoms with E-state index in [9.17, 15) is 5.11 Å². The predicted molar refractivity (Wildman–Crippen MR) is 63.6 cm³/mol. The molecule has 0 amide bonds. The molecule has 2 aliphatic carbocycles. The highest BCUT2D eigenvalue weighted by Gasteiger charge is 2.45. The lowest BCUT2D eigenvalue weighted by Crippen LogP contribution is -2.30. The Hall–Kier alpha value is -0.820. The van der Waals surface area contributed by atoms with Crippen LogP contribution in [0.2, 0.25) is 0 Å². The number of hydrogen-bond donors (Lipinski definition) is 1. The first kappa shape index (κ1) is 10.7. The van der Waals surface area contributed by atoms with Gasteiger partial charge in [-0.25, -0.2) is 0 Å². The maximum Gasteiger partial charge on any atom is 0.0900 e. The summed E-state index contributed by atoms with van der Waals surface area (Å²) < 4.78 is 0. The first-order valence-corrected chi connectivity index (χ1v) is 5.63. The van der Waals surface area contributed by atoms with Gasteiger partial charge in [0.25, 0.3) is 0 Å². The molecule has 15 heavy (non-hydrogen) atoms. The quantitative estimate of drug-likeness (QED) is 0.641. The van der Waals surface area contributed by atoms with E-state index in [1.54, 1.807) is 0 Å². The number of rotatable bonds is 0. The van der Waals surface area contributed by atoms with Crippen LogP contribution >= 0.6 is 0 Å². The molecule has 0 aromatic carbocycles. The Labute approximate surface area is 92.2 Å². The van der Waals surface area contributed by atoms with E-state index in [0.29, 0.717) is 0 Å². The molecule has 82 valence electrons. The van der Waals surface area contributed by atoms with Crippen LogP contribution in [0.3, 0.4) is 0 Å². The highest BCUT2D eigenvalue weighted by atomic mass is 16.3. The third-order valence-corrected chi connectivity index (χ3v) is 4.58.